The molecule has 0 aliphatic carbocycles. The Kier molecular flexibility index (Phi) is 2.61. The standard InChI is InChI=1S/C12H11ClN2O2/c13-9-1-3-14-12-10(9)8(5-15-12)11(16)7-2-4-17-6-7/h1,3,5,7H,2,4,6H2,(H,14,15). The highest BCUT2D eigenvalue weighted by atomic mass is 35.5. The Morgan fingerprint density at radius 1 is 1.59 bits per heavy atom. The van der Waals surface area contributed by atoms with Gasteiger partial charge in [-0.15, -0.1) is 0 Å². The van der Waals surface area contributed by atoms with Gasteiger partial charge in [0.2, 0.25) is 0 Å². The molecule has 1 saturated heterocycles. The van der Waals surface area contributed by atoms with Crippen molar-refractivity contribution in [3.05, 3.63) is 29.0 Å². The lowest BCUT2D eigenvalue weighted by Crippen LogP contribution is -2.14. The van der Waals surface area contributed by atoms with Crippen LogP contribution >= 0.6 is 11.6 Å². The Bertz CT molecular complexity index is 573. The van der Waals surface area contributed by atoms with Gasteiger partial charge in [-0.05, 0) is 12.5 Å². The van der Waals surface area contributed by atoms with Gasteiger partial charge in [0, 0.05) is 35.9 Å². The van der Waals surface area contributed by atoms with Gasteiger partial charge in [-0.1, -0.05) is 11.6 Å². The predicted molar refractivity (Wildman–Crippen MR) is 64.4 cm³/mol. The number of Topliss-reactive ketones (excluding diaryl/α,β-unsaturated/α-hetero) is 1. The topological polar surface area (TPSA) is 55.0 Å². The van der Waals surface area contributed by atoms with Crippen molar-refractivity contribution >= 4 is 28.4 Å². The van der Waals surface area contributed by atoms with E-state index >= 15 is 0 Å². The molecule has 1 atom stereocenters. The second-order valence-electron chi connectivity index (χ2n) is 4.14. The van der Waals surface area contributed by atoms with Gasteiger partial charge in [-0.2, -0.15) is 0 Å². The normalized spacial score (nSPS) is 19.9. The molecule has 1 aliphatic rings. The number of aromatic nitrogens is 2. The number of carbonyl (C=O) groups excluding carboxylic acids is 1. The van der Waals surface area contributed by atoms with Gasteiger partial charge in [0.1, 0.15) is 5.65 Å². The molecular formula is C12H11ClN2O2. The number of carbonyl (C=O) groups is 1. The number of ketones is 1. The number of hydrogen-bond donors (Lipinski definition) is 1. The van der Waals surface area contributed by atoms with Gasteiger partial charge < -0.3 is 9.72 Å². The number of rotatable bonds is 2. The number of nitrogens with zero attached hydrogens (tertiary/aromatic N) is 1. The fourth-order valence-electron chi connectivity index (χ4n) is 2.17. The number of aromatic amines is 1. The van der Waals surface area contributed by atoms with E-state index in [2.05, 4.69) is 9.97 Å². The van der Waals surface area contributed by atoms with E-state index in [9.17, 15) is 4.79 Å². The molecule has 5 heteroatoms. The summed E-state index contributed by atoms with van der Waals surface area (Å²) in [5, 5.41) is 1.27. The second-order valence-corrected chi connectivity index (χ2v) is 4.55. The zero-order valence-electron chi connectivity index (χ0n) is 9.07. The Labute approximate surface area is 103 Å². The van der Waals surface area contributed by atoms with Crippen molar-refractivity contribution in [3.8, 4) is 0 Å². The Morgan fingerprint density at radius 3 is 3.24 bits per heavy atom. The van der Waals surface area contributed by atoms with Crippen LogP contribution in [0.2, 0.25) is 5.02 Å². The van der Waals surface area contributed by atoms with Crippen LogP contribution in [0.1, 0.15) is 16.8 Å². The molecule has 88 valence electrons. The highest BCUT2D eigenvalue weighted by Gasteiger charge is 2.27. The van der Waals surface area contributed by atoms with Crippen LogP contribution in [-0.2, 0) is 4.74 Å². The molecule has 1 unspecified atom stereocenters. The molecule has 3 rings (SSSR count). The van der Waals surface area contributed by atoms with Crippen LogP contribution in [0.25, 0.3) is 11.0 Å². The summed E-state index contributed by atoms with van der Waals surface area (Å²) in [6, 6.07) is 1.69. The first-order valence-electron chi connectivity index (χ1n) is 5.51. The van der Waals surface area contributed by atoms with E-state index in [1.807, 2.05) is 0 Å². The van der Waals surface area contributed by atoms with Crippen molar-refractivity contribution in [3.63, 3.8) is 0 Å². The van der Waals surface area contributed by atoms with Crippen molar-refractivity contribution < 1.29 is 9.53 Å². The average molecular weight is 251 g/mol. The summed E-state index contributed by atoms with van der Waals surface area (Å²) >= 11 is 6.11. The number of nitrogens with one attached hydrogen (secondary N) is 1. The minimum absolute atomic E-state index is 0.0507. The third-order valence-corrected chi connectivity index (χ3v) is 3.40. The molecule has 1 fully saturated rings. The maximum Gasteiger partial charge on any atom is 0.170 e. The smallest absolute Gasteiger partial charge is 0.170 e. The first-order valence-corrected chi connectivity index (χ1v) is 5.88. The van der Waals surface area contributed by atoms with Crippen molar-refractivity contribution in [1.82, 2.24) is 9.97 Å². The highest BCUT2D eigenvalue weighted by molar-refractivity contribution is 6.36. The monoisotopic (exact) mass is 250 g/mol. The number of ether oxygens (including phenoxy) is 1. The van der Waals surface area contributed by atoms with Crippen molar-refractivity contribution in [2.45, 2.75) is 6.42 Å². The van der Waals surface area contributed by atoms with Crippen LogP contribution in [0.3, 0.4) is 0 Å². The summed E-state index contributed by atoms with van der Waals surface area (Å²) in [6.07, 6.45) is 4.09. The third kappa shape index (κ3) is 1.73. The van der Waals surface area contributed by atoms with Gasteiger partial charge in [-0.3, -0.25) is 4.79 Å². The Morgan fingerprint density at radius 2 is 2.47 bits per heavy atom. The van der Waals surface area contributed by atoms with Crippen LogP contribution in [0.15, 0.2) is 18.5 Å². The number of hydrogen-bond acceptors (Lipinski definition) is 3. The summed E-state index contributed by atoms with van der Waals surface area (Å²) in [7, 11) is 0. The van der Waals surface area contributed by atoms with Gasteiger partial charge in [-0.25, -0.2) is 4.98 Å². The van der Waals surface area contributed by atoms with E-state index in [4.69, 9.17) is 16.3 Å². The molecule has 1 aliphatic heterocycles. The largest absolute Gasteiger partial charge is 0.381 e. The summed E-state index contributed by atoms with van der Waals surface area (Å²) < 4.78 is 5.24. The van der Waals surface area contributed by atoms with Gasteiger partial charge in [0.25, 0.3) is 0 Å². The molecule has 0 aromatic carbocycles. The zero-order valence-corrected chi connectivity index (χ0v) is 9.83. The number of halogens is 1. The minimum atomic E-state index is -0.0507. The van der Waals surface area contributed by atoms with E-state index in [1.165, 1.54) is 0 Å². The molecule has 0 saturated carbocycles. The molecule has 0 spiro atoms. The quantitative estimate of drug-likeness (QED) is 0.833. The second kappa shape index (κ2) is 4.13. The highest BCUT2D eigenvalue weighted by Crippen LogP contribution is 2.28. The summed E-state index contributed by atoms with van der Waals surface area (Å²) in [5.74, 6) is 0.0360. The van der Waals surface area contributed by atoms with Crippen LogP contribution in [-0.4, -0.2) is 29.0 Å². The maximum atomic E-state index is 12.3. The predicted octanol–water partition coefficient (Wildman–Crippen LogP) is 2.44. The molecular weight excluding hydrogens is 240 g/mol. The van der Waals surface area contributed by atoms with E-state index in [-0.39, 0.29) is 11.7 Å². The third-order valence-electron chi connectivity index (χ3n) is 3.09. The summed E-state index contributed by atoms with van der Waals surface area (Å²) in [6.45, 7) is 1.16. The maximum absolute atomic E-state index is 12.3. The Balaban J connectivity index is 2.08. The zero-order chi connectivity index (χ0) is 11.8. The lowest BCUT2D eigenvalue weighted by molar-refractivity contribution is 0.0902. The van der Waals surface area contributed by atoms with E-state index in [1.54, 1.807) is 18.5 Å². The van der Waals surface area contributed by atoms with Crippen molar-refractivity contribution in [2.75, 3.05) is 13.2 Å². The minimum Gasteiger partial charge on any atom is -0.381 e. The molecule has 17 heavy (non-hydrogen) atoms. The van der Waals surface area contributed by atoms with E-state index in [0.717, 1.165) is 6.42 Å². The molecule has 2 aromatic rings. The van der Waals surface area contributed by atoms with E-state index < -0.39 is 0 Å². The van der Waals surface area contributed by atoms with Crippen LogP contribution < -0.4 is 0 Å². The number of fused-ring (bicyclic) bond motifs is 1. The molecule has 2 aromatic heterocycles. The molecule has 3 heterocycles. The molecule has 4 nitrogen and oxygen atoms in total. The number of pyridine rings is 1. The average Bonchev–Trinajstić information content (AvgIpc) is 2.98. The first-order chi connectivity index (χ1) is 8.27. The lowest BCUT2D eigenvalue weighted by Gasteiger charge is -2.05. The summed E-state index contributed by atoms with van der Waals surface area (Å²) in [5.41, 5.74) is 1.27. The molecule has 0 bridgehead atoms. The van der Waals surface area contributed by atoms with Crippen LogP contribution in [0, 0.1) is 5.92 Å². The number of H-pyrrole nitrogens is 1. The Hall–Kier alpha value is -1.39. The van der Waals surface area contributed by atoms with Crippen LogP contribution in [0.4, 0.5) is 0 Å². The van der Waals surface area contributed by atoms with Crippen LogP contribution in [0.5, 0.6) is 0 Å². The molecule has 0 amide bonds. The van der Waals surface area contributed by atoms with Gasteiger partial charge in [0.05, 0.1) is 11.6 Å². The molecule has 0 radical (unpaired) electrons. The fourth-order valence-corrected chi connectivity index (χ4v) is 2.42. The lowest BCUT2D eigenvalue weighted by atomic mass is 9.97. The van der Waals surface area contributed by atoms with Crippen molar-refractivity contribution in [1.29, 1.82) is 0 Å². The SMILES string of the molecule is O=C(c1c[nH]c2nccc(Cl)c12)C1CCOC1. The fraction of sp³-hybridized carbons (Fsp3) is 0.333. The first kappa shape index (κ1) is 10.7. The molecule has 1 N–H and O–H groups in total. The van der Waals surface area contributed by atoms with Gasteiger partial charge >= 0.3 is 0 Å². The van der Waals surface area contributed by atoms with Crippen molar-refractivity contribution in [2.24, 2.45) is 5.92 Å². The van der Waals surface area contributed by atoms with Gasteiger partial charge in [0.15, 0.2) is 5.78 Å². The summed E-state index contributed by atoms with van der Waals surface area (Å²) in [4.78, 5) is 19.4. The van der Waals surface area contributed by atoms with E-state index in [0.29, 0.717) is 34.8 Å².